The highest BCUT2D eigenvalue weighted by molar-refractivity contribution is 5.95. The molecule has 0 radical (unpaired) electrons. The summed E-state index contributed by atoms with van der Waals surface area (Å²) in [5.41, 5.74) is 5.11. The fraction of sp³-hybridized carbons (Fsp3) is 0.333. The molecule has 0 atom stereocenters. The minimum atomic E-state index is -0.799. The van der Waals surface area contributed by atoms with Crippen LogP contribution in [-0.4, -0.2) is 31.2 Å². The lowest BCUT2D eigenvalue weighted by Gasteiger charge is -2.05. The van der Waals surface area contributed by atoms with E-state index in [-0.39, 0.29) is 11.4 Å². The summed E-state index contributed by atoms with van der Waals surface area (Å²) in [4.78, 5) is 14.9. The third-order valence-corrected chi connectivity index (χ3v) is 1.75. The summed E-state index contributed by atoms with van der Waals surface area (Å²) in [5, 5.41) is 2.48. The molecule has 5 nitrogen and oxygen atoms in total. The molecule has 1 aromatic heterocycles. The molecule has 0 spiro atoms. The van der Waals surface area contributed by atoms with Gasteiger partial charge in [-0.05, 0) is 6.07 Å². The first kappa shape index (κ1) is 11.4. The maximum Gasteiger partial charge on any atom is 0.254 e. The van der Waals surface area contributed by atoms with Crippen molar-refractivity contribution >= 4 is 11.7 Å². The molecule has 0 aliphatic rings. The number of nitrogen functional groups attached to an aromatic ring is 1. The molecular formula is C9H12FN3O2. The minimum Gasteiger partial charge on any atom is -0.383 e. The normalized spacial score (nSPS) is 10.0. The van der Waals surface area contributed by atoms with Crippen molar-refractivity contribution in [2.75, 3.05) is 26.0 Å². The van der Waals surface area contributed by atoms with Crippen molar-refractivity contribution in [2.45, 2.75) is 0 Å². The van der Waals surface area contributed by atoms with Crippen molar-refractivity contribution in [3.05, 3.63) is 23.6 Å². The van der Waals surface area contributed by atoms with Gasteiger partial charge >= 0.3 is 0 Å². The zero-order valence-electron chi connectivity index (χ0n) is 8.29. The van der Waals surface area contributed by atoms with Crippen LogP contribution in [0.3, 0.4) is 0 Å². The Morgan fingerprint density at radius 3 is 3.13 bits per heavy atom. The van der Waals surface area contributed by atoms with Gasteiger partial charge in [0.05, 0.1) is 12.2 Å². The molecule has 1 heterocycles. The lowest BCUT2D eigenvalue weighted by molar-refractivity contribution is 0.0933. The predicted molar refractivity (Wildman–Crippen MR) is 52.8 cm³/mol. The molecule has 6 heteroatoms. The van der Waals surface area contributed by atoms with Gasteiger partial charge in [-0.3, -0.25) is 4.79 Å². The Morgan fingerprint density at radius 2 is 2.47 bits per heavy atom. The van der Waals surface area contributed by atoms with E-state index < -0.39 is 11.7 Å². The van der Waals surface area contributed by atoms with E-state index in [4.69, 9.17) is 10.5 Å². The molecule has 0 saturated carbocycles. The Morgan fingerprint density at radius 1 is 1.73 bits per heavy atom. The molecule has 0 aliphatic heterocycles. The van der Waals surface area contributed by atoms with Gasteiger partial charge in [0.15, 0.2) is 11.6 Å². The zero-order chi connectivity index (χ0) is 11.3. The Kier molecular flexibility index (Phi) is 3.99. The molecular weight excluding hydrogens is 201 g/mol. The highest BCUT2D eigenvalue weighted by atomic mass is 19.1. The topological polar surface area (TPSA) is 77.2 Å². The fourth-order valence-electron chi connectivity index (χ4n) is 0.997. The quantitative estimate of drug-likeness (QED) is 0.699. The van der Waals surface area contributed by atoms with Crippen molar-refractivity contribution in [2.24, 2.45) is 0 Å². The van der Waals surface area contributed by atoms with E-state index >= 15 is 0 Å². The van der Waals surface area contributed by atoms with Gasteiger partial charge in [0.25, 0.3) is 5.91 Å². The first-order valence-corrected chi connectivity index (χ1v) is 4.34. The molecule has 1 amide bonds. The maximum atomic E-state index is 13.3. The second kappa shape index (κ2) is 5.26. The van der Waals surface area contributed by atoms with Gasteiger partial charge < -0.3 is 15.8 Å². The van der Waals surface area contributed by atoms with Crippen molar-refractivity contribution in [3.63, 3.8) is 0 Å². The SMILES string of the molecule is COCCNC(=O)c1ccnc(N)c1F. The van der Waals surface area contributed by atoms with Gasteiger partial charge in [-0.25, -0.2) is 9.37 Å². The molecule has 0 aliphatic carbocycles. The van der Waals surface area contributed by atoms with Crippen LogP contribution in [0.1, 0.15) is 10.4 Å². The van der Waals surface area contributed by atoms with E-state index in [1.807, 2.05) is 0 Å². The number of amides is 1. The number of aromatic nitrogens is 1. The molecule has 0 bridgehead atoms. The molecule has 0 fully saturated rings. The second-order valence-electron chi connectivity index (χ2n) is 2.81. The molecule has 82 valence electrons. The highest BCUT2D eigenvalue weighted by Gasteiger charge is 2.13. The summed E-state index contributed by atoms with van der Waals surface area (Å²) < 4.78 is 18.0. The Labute approximate surface area is 86.4 Å². The number of anilines is 1. The number of nitrogens with one attached hydrogen (secondary N) is 1. The average molecular weight is 213 g/mol. The summed E-state index contributed by atoms with van der Waals surface area (Å²) in [7, 11) is 1.51. The minimum absolute atomic E-state index is 0.112. The van der Waals surface area contributed by atoms with E-state index in [2.05, 4.69) is 10.3 Å². The molecule has 1 aromatic rings. The predicted octanol–water partition coefficient (Wildman–Crippen LogP) is 0.179. The lowest BCUT2D eigenvalue weighted by atomic mass is 10.2. The number of halogens is 1. The number of carbonyl (C=O) groups is 1. The largest absolute Gasteiger partial charge is 0.383 e. The molecule has 15 heavy (non-hydrogen) atoms. The van der Waals surface area contributed by atoms with Crippen LogP contribution >= 0.6 is 0 Å². The number of nitrogens with zero attached hydrogens (tertiary/aromatic N) is 1. The van der Waals surface area contributed by atoms with E-state index in [1.54, 1.807) is 0 Å². The third-order valence-electron chi connectivity index (χ3n) is 1.75. The first-order chi connectivity index (χ1) is 7.16. The van der Waals surface area contributed by atoms with Crippen LogP contribution in [0.15, 0.2) is 12.3 Å². The third kappa shape index (κ3) is 2.88. The smallest absolute Gasteiger partial charge is 0.254 e. The number of nitrogens with two attached hydrogens (primary N) is 1. The Bertz CT molecular complexity index is 357. The van der Waals surface area contributed by atoms with Crippen LogP contribution in [0, 0.1) is 5.82 Å². The number of hydrogen-bond acceptors (Lipinski definition) is 4. The standard InChI is InChI=1S/C9H12FN3O2/c1-15-5-4-13-9(14)6-2-3-12-8(11)7(6)10/h2-3H,4-5H2,1H3,(H2,11,12)(H,13,14). The van der Waals surface area contributed by atoms with Crippen LogP contribution < -0.4 is 11.1 Å². The Balaban J connectivity index is 2.69. The molecule has 0 saturated heterocycles. The van der Waals surface area contributed by atoms with E-state index in [9.17, 15) is 9.18 Å². The van der Waals surface area contributed by atoms with Crippen LogP contribution in [0.25, 0.3) is 0 Å². The summed E-state index contributed by atoms with van der Waals surface area (Å²) in [6.45, 7) is 0.685. The first-order valence-electron chi connectivity index (χ1n) is 4.34. The summed E-state index contributed by atoms with van der Waals surface area (Å²) in [6.07, 6.45) is 1.28. The van der Waals surface area contributed by atoms with Gasteiger partial charge in [0, 0.05) is 19.9 Å². The fourth-order valence-corrected chi connectivity index (χ4v) is 0.997. The number of carbonyl (C=O) groups excluding carboxylic acids is 1. The van der Waals surface area contributed by atoms with Crippen LogP contribution in [-0.2, 0) is 4.74 Å². The van der Waals surface area contributed by atoms with Gasteiger partial charge in [0.2, 0.25) is 0 Å². The number of ether oxygens (including phenoxy) is 1. The van der Waals surface area contributed by atoms with Gasteiger partial charge in [0.1, 0.15) is 0 Å². The summed E-state index contributed by atoms with van der Waals surface area (Å²) in [5.74, 6) is -1.61. The molecule has 1 rings (SSSR count). The molecule has 0 aromatic carbocycles. The van der Waals surface area contributed by atoms with Crippen LogP contribution in [0.4, 0.5) is 10.2 Å². The summed E-state index contributed by atoms with van der Waals surface area (Å²) in [6, 6.07) is 1.27. The second-order valence-corrected chi connectivity index (χ2v) is 2.81. The number of rotatable bonds is 4. The van der Waals surface area contributed by atoms with E-state index in [0.29, 0.717) is 13.2 Å². The molecule has 0 unspecified atom stereocenters. The van der Waals surface area contributed by atoms with E-state index in [0.717, 1.165) is 0 Å². The van der Waals surface area contributed by atoms with Crippen molar-refractivity contribution in [1.29, 1.82) is 0 Å². The monoisotopic (exact) mass is 213 g/mol. The van der Waals surface area contributed by atoms with Crippen molar-refractivity contribution < 1.29 is 13.9 Å². The van der Waals surface area contributed by atoms with Crippen molar-refractivity contribution in [1.82, 2.24) is 10.3 Å². The maximum absolute atomic E-state index is 13.3. The molecule has 3 N–H and O–H groups in total. The lowest BCUT2D eigenvalue weighted by Crippen LogP contribution is -2.28. The van der Waals surface area contributed by atoms with Gasteiger partial charge in [-0.15, -0.1) is 0 Å². The van der Waals surface area contributed by atoms with Crippen LogP contribution in [0.2, 0.25) is 0 Å². The van der Waals surface area contributed by atoms with Crippen molar-refractivity contribution in [3.8, 4) is 0 Å². The highest BCUT2D eigenvalue weighted by Crippen LogP contribution is 2.11. The van der Waals surface area contributed by atoms with Gasteiger partial charge in [-0.1, -0.05) is 0 Å². The van der Waals surface area contributed by atoms with Gasteiger partial charge in [-0.2, -0.15) is 0 Å². The van der Waals surface area contributed by atoms with Crippen LogP contribution in [0.5, 0.6) is 0 Å². The number of methoxy groups -OCH3 is 1. The van der Waals surface area contributed by atoms with E-state index in [1.165, 1.54) is 19.4 Å². The number of hydrogen-bond donors (Lipinski definition) is 2. The zero-order valence-corrected chi connectivity index (χ0v) is 8.29. The summed E-state index contributed by atoms with van der Waals surface area (Å²) >= 11 is 0. The average Bonchev–Trinajstić information content (AvgIpc) is 2.22. The Hall–Kier alpha value is -1.69. The number of pyridine rings is 1.